The van der Waals surface area contributed by atoms with Gasteiger partial charge in [-0.05, 0) is 50.7 Å². The number of hydrogen-bond acceptors (Lipinski definition) is 8. The molecule has 8 heteroatoms. The highest BCUT2D eigenvalue weighted by Crippen LogP contribution is 2.36. The van der Waals surface area contributed by atoms with Crippen molar-refractivity contribution < 1.29 is 18.8 Å². The van der Waals surface area contributed by atoms with E-state index in [1.807, 2.05) is 6.07 Å². The van der Waals surface area contributed by atoms with Gasteiger partial charge in [0, 0.05) is 37.4 Å². The number of methoxy groups -OCH3 is 1. The Morgan fingerprint density at radius 2 is 2.06 bits per heavy atom. The van der Waals surface area contributed by atoms with Crippen LogP contribution in [0.5, 0.6) is 11.5 Å². The lowest BCUT2D eigenvalue weighted by Crippen LogP contribution is -2.55. The van der Waals surface area contributed by atoms with Gasteiger partial charge in [0.15, 0.2) is 17.3 Å². The number of carbonyl (C=O) groups excluding carboxylic acids is 1. The fourth-order valence-corrected chi connectivity index (χ4v) is 4.39. The summed E-state index contributed by atoms with van der Waals surface area (Å²) >= 11 is 0. The Balaban J connectivity index is 1.47. The highest BCUT2D eigenvalue weighted by Gasteiger charge is 2.31. The number of hydrogen-bond donors (Lipinski definition) is 0. The SMILES string of the molecule is COc1ccc(N2CCN(CC(=O)c3nc(C)no3)[C@@H](CC(C)C)C2)cc1OC1CCC1. The molecule has 0 bridgehead atoms. The first-order valence-corrected chi connectivity index (χ1v) is 11.6. The van der Waals surface area contributed by atoms with Crippen molar-refractivity contribution in [2.45, 2.75) is 58.6 Å². The summed E-state index contributed by atoms with van der Waals surface area (Å²) in [5, 5.41) is 3.75. The molecule has 1 aromatic heterocycles. The molecule has 1 saturated carbocycles. The van der Waals surface area contributed by atoms with Gasteiger partial charge in [-0.2, -0.15) is 4.98 Å². The molecular weight excluding hydrogens is 408 g/mol. The largest absolute Gasteiger partial charge is 0.493 e. The molecule has 1 aliphatic heterocycles. The van der Waals surface area contributed by atoms with Gasteiger partial charge in [-0.3, -0.25) is 9.69 Å². The van der Waals surface area contributed by atoms with Crippen LogP contribution in [0.25, 0.3) is 0 Å². The molecule has 8 nitrogen and oxygen atoms in total. The van der Waals surface area contributed by atoms with Crippen LogP contribution in [0.2, 0.25) is 0 Å². The predicted octanol–water partition coefficient (Wildman–Crippen LogP) is 3.74. The van der Waals surface area contributed by atoms with Gasteiger partial charge < -0.3 is 18.9 Å². The monoisotopic (exact) mass is 442 g/mol. The Labute approximate surface area is 189 Å². The molecule has 1 aromatic carbocycles. The van der Waals surface area contributed by atoms with Crippen molar-refractivity contribution in [1.82, 2.24) is 15.0 Å². The maximum absolute atomic E-state index is 12.7. The minimum atomic E-state index is -0.117. The number of nitrogens with zero attached hydrogens (tertiary/aromatic N) is 4. The lowest BCUT2D eigenvalue weighted by atomic mass is 9.96. The molecule has 32 heavy (non-hydrogen) atoms. The lowest BCUT2D eigenvalue weighted by Gasteiger charge is -2.43. The zero-order chi connectivity index (χ0) is 22.7. The van der Waals surface area contributed by atoms with E-state index in [0.717, 1.165) is 56.1 Å². The van der Waals surface area contributed by atoms with Crippen LogP contribution in [0.15, 0.2) is 22.7 Å². The number of piperazine rings is 1. The molecule has 1 atom stereocenters. The Bertz CT molecular complexity index is 924. The van der Waals surface area contributed by atoms with Gasteiger partial charge in [-0.1, -0.05) is 19.0 Å². The second kappa shape index (κ2) is 9.90. The molecule has 2 fully saturated rings. The third kappa shape index (κ3) is 5.23. The number of ketones is 1. The van der Waals surface area contributed by atoms with E-state index in [0.29, 0.717) is 24.4 Å². The van der Waals surface area contributed by atoms with Crippen LogP contribution in [0.1, 0.15) is 56.0 Å². The zero-order valence-corrected chi connectivity index (χ0v) is 19.5. The molecule has 0 unspecified atom stereocenters. The van der Waals surface area contributed by atoms with Gasteiger partial charge in [-0.15, -0.1) is 0 Å². The molecule has 174 valence electrons. The fraction of sp³-hybridized carbons (Fsp3) is 0.625. The normalized spacial score (nSPS) is 19.8. The van der Waals surface area contributed by atoms with Gasteiger partial charge in [0.05, 0.1) is 19.8 Å². The molecule has 2 aromatic rings. The maximum atomic E-state index is 12.7. The number of ether oxygens (including phenoxy) is 2. The van der Waals surface area contributed by atoms with Crippen LogP contribution in [-0.4, -0.2) is 66.3 Å². The van der Waals surface area contributed by atoms with Crippen molar-refractivity contribution >= 4 is 11.5 Å². The van der Waals surface area contributed by atoms with E-state index in [-0.39, 0.29) is 17.7 Å². The zero-order valence-electron chi connectivity index (χ0n) is 19.5. The lowest BCUT2D eigenvalue weighted by molar-refractivity contribution is 0.0815. The van der Waals surface area contributed by atoms with Gasteiger partial charge in [0.2, 0.25) is 5.78 Å². The van der Waals surface area contributed by atoms with Gasteiger partial charge >= 0.3 is 0 Å². The summed E-state index contributed by atoms with van der Waals surface area (Å²) in [7, 11) is 1.68. The number of carbonyl (C=O) groups is 1. The predicted molar refractivity (Wildman–Crippen MR) is 122 cm³/mol. The highest BCUT2D eigenvalue weighted by molar-refractivity contribution is 5.93. The van der Waals surface area contributed by atoms with E-state index >= 15 is 0 Å². The standard InChI is InChI=1S/C24H34N4O4/c1-16(2)12-19-14-27(10-11-28(19)15-21(29)24-25-17(3)26-32-24)18-8-9-22(30-4)23(13-18)31-20-6-5-7-20/h8-9,13,16,19-20H,5-7,10-12,14-15H2,1-4H3/t19-/m0/s1. The summed E-state index contributed by atoms with van der Waals surface area (Å²) < 4.78 is 16.8. The van der Waals surface area contributed by atoms with E-state index < -0.39 is 0 Å². The smallest absolute Gasteiger partial charge is 0.295 e. The van der Waals surface area contributed by atoms with E-state index in [9.17, 15) is 4.79 Å². The number of aryl methyl sites for hydroxylation is 1. The minimum Gasteiger partial charge on any atom is -0.493 e. The van der Waals surface area contributed by atoms with Gasteiger partial charge in [-0.25, -0.2) is 0 Å². The van der Waals surface area contributed by atoms with Gasteiger partial charge in [0.1, 0.15) is 0 Å². The van der Waals surface area contributed by atoms with Crippen LogP contribution in [0.3, 0.4) is 0 Å². The van der Waals surface area contributed by atoms with Crippen molar-refractivity contribution in [2.75, 3.05) is 38.2 Å². The number of benzene rings is 1. The van der Waals surface area contributed by atoms with E-state index in [1.165, 1.54) is 6.42 Å². The number of anilines is 1. The van der Waals surface area contributed by atoms with Crippen molar-refractivity contribution in [1.29, 1.82) is 0 Å². The first-order chi connectivity index (χ1) is 15.4. The van der Waals surface area contributed by atoms with E-state index in [4.69, 9.17) is 14.0 Å². The Hall–Kier alpha value is -2.61. The molecule has 0 amide bonds. The molecule has 0 radical (unpaired) electrons. The molecular formula is C24H34N4O4. The average molecular weight is 443 g/mol. The maximum Gasteiger partial charge on any atom is 0.295 e. The van der Waals surface area contributed by atoms with Crippen LogP contribution in [-0.2, 0) is 0 Å². The van der Waals surface area contributed by atoms with Crippen LogP contribution >= 0.6 is 0 Å². The molecule has 4 rings (SSSR count). The summed E-state index contributed by atoms with van der Waals surface area (Å²) in [4.78, 5) is 21.4. The van der Waals surface area contributed by atoms with Crippen LogP contribution < -0.4 is 14.4 Å². The number of rotatable bonds is 9. The summed E-state index contributed by atoms with van der Waals surface area (Å²) in [6.07, 6.45) is 4.75. The third-order valence-electron chi connectivity index (χ3n) is 6.32. The third-order valence-corrected chi connectivity index (χ3v) is 6.32. The number of aromatic nitrogens is 2. The van der Waals surface area contributed by atoms with Crippen molar-refractivity contribution in [3.05, 3.63) is 29.9 Å². The van der Waals surface area contributed by atoms with E-state index in [1.54, 1.807) is 14.0 Å². The Morgan fingerprint density at radius 1 is 1.25 bits per heavy atom. The fourth-order valence-electron chi connectivity index (χ4n) is 4.39. The quantitative estimate of drug-likeness (QED) is 0.544. The minimum absolute atomic E-state index is 0.0983. The summed E-state index contributed by atoms with van der Waals surface area (Å²) in [6, 6.07) is 6.45. The first-order valence-electron chi connectivity index (χ1n) is 11.6. The van der Waals surface area contributed by atoms with Crippen molar-refractivity contribution in [3.8, 4) is 11.5 Å². The van der Waals surface area contributed by atoms with Crippen molar-refractivity contribution in [2.24, 2.45) is 5.92 Å². The molecule has 1 saturated heterocycles. The Morgan fingerprint density at radius 3 is 2.69 bits per heavy atom. The van der Waals surface area contributed by atoms with Crippen LogP contribution in [0, 0.1) is 12.8 Å². The molecule has 2 aliphatic rings. The second-order valence-corrected chi connectivity index (χ2v) is 9.28. The second-order valence-electron chi connectivity index (χ2n) is 9.28. The number of Topliss-reactive ketones (excluding diaryl/α,β-unsaturated/α-hetero) is 1. The molecule has 1 aliphatic carbocycles. The highest BCUT2D eigenvalue weighted by atomic mass is 16.5. The van der Waals surface area contributed by atoms with Crippen molar-refractivity contribution in [3.63, 3.8) is 0 Å². The van der Waals surface area contributed by atoms with E-state index in [2.05, 4.69) is 45.9 Å². The summed E-state index contributed by atoms with van der Waals surface area (Å²) in [5.41, 5.74) is 1.13. The summed E-state index contributed by atoms with van der Waals surface area (Å²) in [6.45, 7) is 8.94. The molecule has 0 N–H and O–H groups in total. The average Bonchev–Trinajstić information content (AvgIpc) is 3.18. The summed E-state index contributed by atoms with van der Waals surface area (Å²) in [5.74, 6) is 2.58. The van der Waals surface area contributed by atoms with Crippen LogP contribution in [0.4, 0.5) is 5.69 Å². The first kappa shape index (κ1) is 22.6. The Kier molecular flexibility index (Phi) is 6.98. The molecule has 0 spiro atoms. The van der Waals surface area contributed by atoms with Gasteiger partial charge in [0.25, 0.3) is 5.89 Å². The molecule has 2 heterocycles. The topological polar surface area (TPSA) is 80.9 Å².